The Labute approximate surface area is 122 Å². The van der Waals surface area contributed by atoms with Gasteiger partial charge in [0.1, 0.15) is 18.1 Å². The van der Waals surface area contributed by atoms with E-state index in [0.717, 1.165) is 0 Å². The van der Waals surface area contributed by atoms with Crippen LogP contribution in [0.3, 0.4) is 0 Å². The molecule has 2 rings (SSSR count). The molecule has 2 N–H and O–H groups in total. The van der Waals surface area contributed by atoms with Crippen LogP contribution in [0.15, 0.2) is 17.1 Å². The molecule has 0 saturated carbocycles. The Hall–Kier alpha value is -0.150. The van der Waals surface area contributed by atoms with Crippen LogP contribution < -0.4 is 11.0 Å². The van der Waals surface area contributed by atoms with Crippen molar-refractivity contribution in [3.63, 3.8) is 0 Å². The Morgan fingerprint density at radius 3 is 3.20 bits per heavy atom. The monoisotopic (exact) mass is 337 g/mol. The molecule has 10 heteroatoms. The maximum Gasteiger partial charge on any atom is 0.351 e. The highest BCUT2D eigenvalue weighted by Gasteiger charge is 2.35. The number of nitrogens with one attached hydrogen (secondary N) is 1. The number of hydrogen-bond donors (Lipinski definition) is 2. The standard InChI is InChI=1S/C10H18N3O4P3/c1-11-8-2-3-13(10(15)12-8)9-4-6(14)7(17-9)5-16-19-20-18/h2-3,6-7,9,14,19-20H,4-5,18H2,1H3,(H,11,12,15)/t6?,7-,9-/m1/s1. The van der Waals surface area contributed by atoms with E-state index in [2.05, 4.69) is 19.2 Å². The van der Waals surface area contributed by atoms with Gasteiger partial charge in [-0.1, -0.05) is 7.96 Å². The molecule has 7 nitrogen and oxygen atoms in total. The molecule has 4 unspecified atom stereocenters. The van der Waals surface area contributed by atoms with Crippen molar-refractivity contribution in [1.82, 2.24) is 9.55 Å². The first-order chi connectivity index (χ1) is 9.65. The van der Waals surface area contributed by atoms with E-state index in [-0.39, 0.29) is 0 Å². The lowest BCUT2D eigenvalue weighted by molar-refractivity contribution is -0.0383. The lowest BCUT2D eigenvalue weighted by atomic mass is 10.2. The van der Waals surface area contributed by atoms with Crippen LogP contribution in [0.4, 0.5) is 5.82 Å². The lowest BCUT2D eigenvalue weighted by Crippen LogP contribution is -2.28. The van der Waals surface area contributed by atoms with Crippen molar-refractivity contribution in [2.75, 3.05) is 19.0 Å². The molecule has 1 aromatic rings. The van der Waals surface area contributed by atoms with Crippen molar-refractivity contribution < 1.29 is 14.4 Å². The van der Waals surface area contributed by atoms with E-state index in [1.54, 1.807) is 19.3 Å². The van der Waals surface area contributed by atoms with E-state index in [9.17, 15) is 9.90 Å². The quantitative estimate of drug-likeness (QED) is 0.593. The molecule has 0 amide bonds. The number of hydrogen-bond acceptors (Lipinski definition) is 6. The fraction of sp³-hybridized carbons (Fsp3) is 0.600. The van der Waals surface area contributed by atoms with E-state index < -0.39 is 24.1 Å². The van der Waals surface area contributed by atoms with Crippen molar-refractivity contribution in [3.8, 4) is 0 Å². The minimum atomic E-state index is -0.631. The van der Waals surface area contributed by atoms with Gasteiger partial charge in [-0.2, -0.15) is 4.98 Å². The van der Waals surface area contributed by atoms with Crippen LogP contribution in [0.1, 0.15) is 12.6 Å². The topological polar surface area (TPSA) is 85.6 Å². The summed E-state index contributed by atoms with van der Waals surface area (Å²) in [7, 11) is 5.35. The van der Waals surface area contributed by atoms with Gasteiger partial charge in [-0.25, -0.2) is 4.79 Å². The minimum absolute atomic E-state index is 0.342. The van der Waals surface area contributed by atoms with Gasteiger partial charge in [0.2, 0.25) is 0 Å². The van der Waals surface area contributed by atoms with Crippen LogP contribution in [-0.2, 0) is 9.26 Å². The zero-order chi connectivity index (χ0) is 14.5. The highest BCUT2D eigenvalue weighted by atomic mass is 32.4. The largest absolute Gasteiger partial charge is 0.390 e. The van der Waals surface area contributed by atoms with Crippen molar-refractivity contribution in [3.05, 3.63) is 22.7 Å². The van der Waals surface area contributed by atoms with E-state index in [1.165, 1.54) is 4.57 Å². The second-order valence-electron chi connectivity index (χ2n) is 4.24. The molecular weight excluding hydrogens is 319 g/mol. The number of aliphatic hydroxyl groups is 1. The summed E-state index contributed by atoms with van der Waals surface area (Å²) in [6.45, 7) is 0.342. The summed E-state index contributed by atoms with van der Waals surface area (Å²) in [4.78, 5) is 15.7. The van der Waals surface area contributed by atoms with Crippen LogP contribution in [0.25, 0.3) is 0 Å². The molecule has 1 aliphatic rings. The first-order valence-corrected chi connectivity index (χ1v) is 10.8. The van der Waals surface area contributed by atoms with Crippen molar-refractivity contribution in [2.45, 2.75) is 24.9 Å². The molecule has 1 aliphatic heterocycles. The normalized spacial score (nSPS) is 27.1. The molecule has 0 radical (unpaired) electrons. The highest BCUT2D eigenvalue weighted by molar-refractivity contribution is 8.37. The van der Waals surface area contributed by atoms with Gasteiger partial charge >= 0.3 is 5.69 Å². The number of rotatable bonds is 6. The first-order valence-electron chi connectivity index (χ1n) is 6.08. The van der Waals surface area contributed by atoms with E-state index >= 15 is 0 Å². The molecule has 20 heavy (non-hydrogen) atoms. The van der Waals surface area contributed by atoms with E-state index in [4.69, 9.17) is 9.26 Å². The maximum atomic E-state index is 11.9. The molecule has 0 aliphatic carbocycles. The van der Waals surface area contributed by atoms with Crippen LogP contribution in [0.2, 0.25) is 0 Å². The average Bonchev–Trinajstić information content (AvgIpc) is 2.80. The number of aliphatic hydroxyl groups excluding tert-OH is 1. The van der Waals surface area contributed by atoms with Gasteiger partial charge in [0, 0.05) is 28.2 Å². The zero-order valence-electron chi connectivity index (χ0n) is 10.9. The summed E-state index contributed by atoms with van der Waals surface area (Å²) < 4.78 is 12.5. The third-order valence-electron chi connectivity index (χ3n) is 2.98. The summed E-state index contributed by atoms with van der Waals surface area (Å²) in [5.74, 6) is 0.507. The van der Waals surface area contributed by atoms with Crippen LogP contribution in [0, 0.1) is 0 Å². The summed E-state index contributed by atoms with van der Waals surface area (Å²) in [6.07, 6.45) is 0.457. The second kappa shape index (κ2) is 7.74. The fourth-order valence-electron chi connectivity index (χ4n) is 1.97. The molecule has 2 heterocycles. The lowest BCUT2D eigenvalue weighted by Gasteiger charge is -2.16. The first kappa shape index (κ1) is 16.2. The van der Waals surface area contributed by atoms with E-state index in [0.29, 0.717) is 35.3 Å². The van der Waals surface area contributed by atoms with Gasteiger partial charge in [0.25, 0.3) is 0 Å². The molecule has 112 valence electrons. The van der Waals surface area contributed by atoms with Gasteiger partial charge in [-0.3, -0.25) is 4.57 Å². The average molecular weight is 337 g/mol. The minimum Gasteiger partial charge on any atom is -0.390 e. The summed E-state index contributed by atoms with van der Waals surface area (Å²) >= 11 is 0. The maximum absolute atomic E-state index is 11.9. The predicted octanol–water partition coefficient (Wildman–Crippen LogP) is 0.927. The van der Waals surface area contributed by atoms with Crippen LogP contribution in [-0.4, -0.2) is 40.5 Å². The molecule has 0 aromatic carbocycles. The molecule has 6 atom stereocenters. The molecule has 1 fully saturated rings. The second-order valence-corrected chi connectivity index (χ2v) is 9.10. The van der Waals surface area contributed by atoms with Crippen LogP contribution in [0.5, 0.6) is 0 Å². The molecule has 0 spiro atoms. The predicted molar refractivity (Wildman–Crippen MR) is 84.9 cm³/mol. The zero-order valence-corrected chi connectivity index (χ0v) is 14.1. The fourth-order valence-corrected chi connectivity index (χ4v) is 3.55. The Morgan fingerprint density at radius 1 is 1.75 bits per heavy atom. The summed E-state index contributed by atoms with van der Waals surface area (Å²) in [5.41, 5.74) is -0.399. The number of ether oxygens (including phenoxy) is 1. The third kappa shape index (κ3) is 3.94. The van der Waals surface area contributed by atoms with Gasteiger partial charge in [-0.05, 0) is 6.07 Å². The van der Waals surface area contributed by atoms with Gasteiger partial charge < -0.3 is 19.7 Å². The van der Waals surface area contributed by atoms with Crippen molar-refractivity contribution in [1.29, 1.82) is 0 Å². The molecule has 0 bridgehead atoms. The highest BCUT2D eigenvalue weighted by Crippen LogP contribution is 2.44. The molecule has 1 aromatic heterocycles. The smallest absolute Gasteiger partial charge is 0.351 e. The van der Waals surface area contributed by atoms with Gasteiger partial charge in [0.05, 0.1) is 12.7 Å². The van der Waals surface area contributed by atoms with Crippen molar-refractivity contribution >= 4 is 31.2 Å². The van der Waals surface area contributed by atoms with Gasteiger partial charge in [-0.15, -0.1) is 8.93 Å². The Balaban J connectivity index is 2.02. The number of aromatic nitrogens is 2. The van der Waals surface area contributed by atoms with E-state index in [1.807, 2.05) is 0 Å². The Kier molecular flexibility index (Phi) is 6.28. The Morgan fingerprint density at radius 2 is 2.55 bits per heavy atom. The third-order valence-corrected chi connectivity index (χ3v) is 5.26. The van der Waals surface area contributed by atoms with Crippen molar-refractivity contribution in [2.24, 2.45) is 0 Å². The van der Waals surface area contributed by atoms with Gasteiger partial charge in [0.15, 0.2) is 0 Å². The Bertz CT molecular complexity index is 501. The summed E-state index contributed by atoms with van der Waals surface area (Å²) in [6, 6.07) is 1.69. The molecule has 1 saturated heterocycles. The number of nitrogens with zero attached hydrogens (tertiary/aromatic N) is 2. The molecular formula is C10H18N3O4P3. The number of anilines is 1. The SMILES string of the molecule is CNc1ccn([C@H]2CC(O)[C@@H](COPPP)O2)c(=O)n1. The van der Waals surface area contributed by atoms with Crippen LogP contribution >= 0.6 is 25.4 Å². The summed E-state index contributed by atoms with van der Waals surface area (Å²) in [5, 5.41) is 12.8.